The van der Waals surface area contributed by atoms with Gasteiger partial charge in [0.25, 0.3) is 5.91 Å². The van der Waals surface area contributed by atoms with Gasteiger partial charge in [0.05, 0.1) is 13.2 Å². The van der Waals surface area contributed by atoms with Crippen LogP contribution >= 0.6 is 0 Å². The fourth-order valence-corrected chi connectivity index (χ4v) is 3.11. The molecule has 1 aromatic carbocycles. The van der Waals surface area contributed by atoms with Gasteiger partial charge in [-0.15, -0.1) is 0 Å². The average molecular weight is 322 g/mol. The Labute approximate surface area is 139 Å². The van der Waals surface area contributed by atoms with Crippen LogP contribution in [0.4, 0.5) is 0 Å². The molecule has 0 aliphatic carbocycles. The quantitative estimate of drug-likeness (QED) is 0.726. The van der Waals surface area contributed by atoms with E-state index in [1.165, 1.54) is 0 Å². The second-order valence-corrected chi connectivity index (χ2v) is 6.00. The first kappa shape index (κ1) is 14.9. The molecule has 3 heterocycles. The first-order valence-electron chi connectivity index (χ1n) is 8.02. The summed E-state index contributed by atoms with van der Waals surface area (Å²) < 4.78 is 11.4. The van der Waals surface area contributed by atoms with E-state index in [0.717, 1.165) is 22.3 Å². The second-order valence-electron chi connectivity index (χ2n) is 6.00. The molecule has 0 spiro atoms. The van der Waals surface area contributed by atoms with E-state index in [4.69, 9.17) is 9.15 Å². The van der Waals surface area contributed by atoms with Crippen LogP contribution in [0.3, 0.4) is 0 Å². The number of fused-ring (bicyclic) bond motifs is 1. The lowest BCUT2D eigenvalue weighted by Crippen LogP contribution is -2.42. The number of rotatable bonds is 2. The van der Waals surface area contributed by atoms with Crippen molar-refractivity contribution in [2.24, 2.45) is 0 Å². The molecule has 1 unspecified atom stereocenters. The first-order chi connectivity index (χ1) is 11.7. The number of carbonyl (C=O) groups excluding carboxylic acids is 1. The number of hydrogen-bond donors (Lipinski definition) is 0. The van der Waals surface area contributed by atoms with Crippen LogP contribution in [0.2, 0.25) is 0 Å². The maximum absolute atomic E-state index is 12.9. The first-order valence-corrected chi connectivity index (χ1v) is 8.02. The number of morpholine rings is 1. The fourth-order valence-electron chi connectivity index (χ4n) is 3.11. The topological polar surface area (TPSA) is 55.6 Å². The van der Waals surface area contributed by atoms with Crippen molar-refractivity contribution in [2.45, 2.75) is 13.0 Å². The van der Waals surface area contributed by atoms with Crippen LogP contribution < -0.4 is 0 Å². The van der Waals surface area contributed by atoms with Gasteiger partial charge in [0, 0.05) is 29.9 Å². The number of aryl methyl sites for hydroxylation is 1. The van der Waals surface area contributed by atoms with Gasteiger partial charge in [0.15, 0.2) is 0 Å². The number of carbonyl (C=O) groups is 1. The number of pyridine rings is 1. The molecule has 2 aromatic heterocycles. The normalized spacial score (nSPS) is 18.0. The number of nitrogens with zero attached hydrogens (tertiary/aromatic N) is 2. The van der Waals surface area contributed by atoms with Gasteiger partial charge in [-0.1, -0.05) is 0 Å². The van der Waals surface area contributed by atoms with E-state index >= 15 is 0 Å². The summed E-state index contributed by atoms with van der Waals surface area (Å²) in [5.41, 5.74) is 2.53. The Morgan fingerprint density at radius 2 is 2.04 bits per heavy atom. The predicted octanol–water partition coefficient (Wildman–Crippen LogP) is 3.35. The summed E-state index contributed by atoms with van der Waals surface area (Å²) >= 11 is 0. The van der Waals surface area contributed by atoms with Crippen LogP contribution in [-0.2, 0) is 4.74 Å². The highest BCUT2D eigenvalue weighted by atomic mass is 16.5. The van der Waals surface area contributed by atoms with Gasteiger partial charge in [-0.05, 0) is 48.9 Å². The zero-order valence-corrected chi connectivity index (χ0v) is 13.4. The smallest absolute Gasteiger partial charge is 0.254 e. The third-order valence-electron chi connectivity index (χ3n) is 4.32. The Balaban J connectivity index is 1.56. The molecule has 3 aromatic rings. The summed E-state index contributed by atoms with van der Waals surface area (Å²) in [5, 5.41) is 0.956. The average Bonchev–Trinajstić information content (AvgIpc) is 3.01. The third kappa shape index (κ3) is 2.78. The van der Waals surface area contributed by atoms with Crippen LogP contribution in [0.5, 0.6) is 0 Å². The van der Waals surface area contributed by atoms with Gasteiger partial charge >= 0.3 is 0 Å². The summed E-state index contributed by atoms with van der Waals surface area (Å²) in [7, 11) is 0. The van der Waals surface area contributed by atoms with E-state index in [1.54, 1.807) is 12.4 Å². The number of aromatic nitrogens is 1. The highest BCUT2D eigenvalue weighted by Gasteiger charge is 2.26. The van der Waals surface area contributed by atoms with E-state index in [2.05, 4.69) is 4.98 Å². The summed E-state index contributed by atoms with van der Waals surface area (Å²) in [6.07, 6.45) is 3.38. The van der Waals surface area contributed by atoms with Gasteiger partial charge in [-0.3, -0.25) is 9.78 Å². The molecule has 1 aliphatic heterocycles. The van der Waals surface area contributed by atoms with Crippen molar-refractivity contribution >= 4 is 16.9 Å². The number of ether oxygens (including phenoxy) is 1. The number of amides is 1. The standard InChI is InChI=1S/C19H18N2O3/c1-13-10-16-11-15(2-3-17(16)24-13)19(22)21-8-9-23-18(12-21)14-4-6-20-7-5-14/h2-7,10-11,18H,8-9,12H2,1H3. The molecule has 0 N–H and O–H groups in total. The monoisotopic (exact) mass is 322 g/mol. The van der Waals surface area contributed by atoms with Crippen molar-refractivity contribution in [3.05, 3.63) is 65.7 Å². The molecular weight excluding hydrogens is 304 g/mol. The molecule has 0 radical (unpaired) electrons. The molecule has 1 fully saturated rings. The Bertz CT molecular complexity index is 873. The molecule has 4 rings (SSSR count). The zero-order valence-electron chi connectivity index (χ0n) is 13.4. The predicted molar refractivity (Wildman–Crippen MR) is 89.8 cm³/mol. The highest BCUT2D eigenvalue weighted by molar-refractivity contribution is 5.98. The van der Waals surface area contributed by atoms with Gasteiger partial charge < -0.3 is 14.1 Å². The summed E-state index contributed by atoms with van der Waals surface area (Å²) in [4.78, 5) is 18.7. The molecule has 0 bridgehead atoms. The summed E-state index contributed by atoms with van der Waals surface area (Å²) in [5.74, 6) is 0.872. The minimum Gasteiger partial charge on any atom is -0.461 e. The highest BCUT2D eigenvalue weighted by Crippen LogP contribution is 2.25. The molecule has 1 saturated heterocycles. The van der Waals surface area contributed by atoms with Crippen molar-refractivity contribution in [3.63, 3.8) is 0 Å². The maximum Gasteiger partial charge on any atom is 0.254 e. The molecule has 5 heteroatoms. The molecule has 0 saturated carbocycles. The van der Waals surface area contributed by atoms with Gasteiger partial charge in [0.1, 0.15) is 17.4 Å². The molecule has 1 aliphatic rings. The van der Waals surface area contributed by atoms with Crippen LogP contribution in [0.1, 0.15) is 27.8 Å². The van der Waals surface area contributed by atoms with Crippen molar-refractivity contribution in [1.82, 2.24) is 9.88 Å². The molecular formula is C19H18N2O3. The lowest BCUT2D eigenvalue weighted by Gasteiger charge is -2.33. The van der Waals surface area contributed by atoms with Crippen LogP contribution in [-0.4, -0.2) is 35.5 Å². The summed E-state index contributed by atoms with van der Waals surface area (Å²) in [6.45, 7) is 3.59. The van der Waals surface area contributed by atoms with Crippen molar-refractivity contribution in [1.29, 1.82) is 0 Å². The lowest BCUT2D eigenvalue weighted by molar-refractivity contribution is -0.0228. The van der Waals surface area contributed by atoms with E-state index < -0.39 is 0 Å². The van der Waals surface area contributed by atoms with E-state index in [9.17, 15) is 4.79 Å². The SMILES string of the molecule is Cc1cc2cc(C(=O)N3CCOC(c4ccncc4)C3)ccc2o1. The molecule has 1 amide bonds. The molecule has 24 heavy (non-hydrogen) atoms. The van der Waals surface area contributed by atoms with Crippen LogP contribution in [0, 0.1) is 6.92 Å². The minimum absolute atomic E-state index is 0.0260. The number of furan rings is 1. The maximum atomic E-state index is 12.9. The van der Waals surface area contributed by atoms with E-state index in [0.29, 0.717) is 25.3 Å². The van der Waals surface area contributed by atoms with E-state index in [-0.39, 0.29) is 12.0 Å². The molecule has 1 atom stereocenters. The largest absolute Gasteiger partial charge is 0.461 e. The van der Waals surface area contributed by atoms with Gasteiger partial charge in [-0.25, -0.2) is 0 Å². The Hall–Kier alpha value is -2.66. The van der Waals surface area contributed by atoms with Gasteiger partial charge in [0.2, 0.25) is 0 Å². The number of hydrogen-bond acceptors (Lipinski definition) is 4. The second kappa shape index (κ2) is 6.09. The molecule has 5 nitrogen and oxygen atoms in total. The Kier molecular flexibility index (Phi) is 3.78. The van der Waals surface area contributed by atoms with Crippen LogP contribution in [0.25, 0.3) is 11.0 Å². The van der Waals surface area contributed by atoms with Crippen molar-refractivity contribution < 1.29 is 13.9 Å². The van der Waals surface area contributed by atoms with E-state index in [1.807, 2.05) is 48.2 Å². The molecule has 122 valence electrons. The third-order valence-corrected chi connectivity index (χ3v) is 4.32. The minimum atomic E-state index is -0.106. The zero-order chi connectivity index (χ0) is 16.5. The number of benzene rings is 1. The Morgan fingerprint density at radius 3 is 2.88 bits per heavy atom. The van der Waals surface area contributed by atoms with Crippen molar-refractivity contribution in [2.75, 3.05) is 19.7 Å². The van der Waals surface area contributed by atoms with Crippen LogP contribution in [0.15, 0.2) is 53.2 Å². The summed E-state index contributed by atoms with van der Waals surface area (Å²) in [6, 6.07) is 11.4. The fraction of sp³-hybridized carbons (Fsp3) is 0.263. The van der Waals surface area contributed by atoms with Crippen molar-refractivity contribution in [3.8, 4) is 0 Å². The lowest BCUT2D eigenvalue weighted by atomic mass is 10.1. The van der Waals surface area contributed by atoms with Gasteiger partial charge in [-0.2, -0.15) is 0 Å². The Morgan fingerprint density at radius 1 is 1.21 bits per heavy atom.